The van der Waals surface area contributed by atoms with Gasteiger partial charge >= 0.3 is 0 Å². The molecular formula is C13H22N2OS. The Hall–Kier alpha value is -0.870. The SMILES string of the molecule is Cc1cc(C(=O)NC(C)(CN)C(C)C)sc1C. The van der Waals surface area contributed by atoms with Crippen molar-refractivity contribution in [1.29, 1.82) is 0 Å². The topological polar surface area (TPSA) is 55.1 Å². The lowest BCUT2D eigenvalue weighted by molar-refractivity contribution is 0.0887. The molecule has 0 radical (unpaired) electrons. The van der Waals surface area contributed by atoms with E-state index in [0.29, 0.717) is 12.5 Å². The van der Waals surface area contributed by atoms with Crippen molar-refractivity contribution in [3.05, 3.63) is 21.4 Å². The second kappa shape index (κ2) is 5.19. The van der Waals surface area contributed by atoms with Gasteiger partial charge in [-0.15, -0.1) is 11.3 Å². The predicted molar refractivity (Wildman–Crippen MR) is 73.6 cm³/mol. The van der Waals surface area contributed by atoms with Gasteiger partial charge in [0.15, 0.2) is 0 Å². The molecule has 0 aliphatic carbocycles. The first-order valence-corrected chi connectivity index (χ1v) is 6.71. The van der Waals surface area contributed by atoms with Crippen molar-refractivity contribution in [1.82, 2.24) is 5.32 Å². The maximum absolute atomic E-state index is 12.1. The number of nitrogens with one attached hydrogen (secondary N) is 1. The van der Waals surface area contributed by atoms with Gasteiger partial charge in [-0.2, -0.15) is 0 Å². The van der Waals surface area contributed by atoms with Crippen LogP contribution in [0.15, 0.2) is 6.07 Å². The maximum Gasteiger partial charge on any atom is 0.261 e. The van der Waals surface area contributed by atoms with Crippen molar-refractivity contribution in [3.63, 3.8) is 0 Å². The number of carbonyl (C=O) groups excluding carboxylic acids is 1. The Bertz CT molecular complexity index is 392. The molecule has 1 amide bonds. The number of rotatable bonds is 4. The number of nitrogens with two attached hydrogens (primary N) is 1. The lowest BCUT2D eigenvalue weighted by Crippen LogP contribution is -2.54. The molecule has 1 unspecified atom stereocenters. The van der Waals surface area contributed by atoms with Crippen LogP contribution in [0.1, 0.15) is 40.9 Å². The lowest BCUT2D eigenvalue weighted by Gasteiger charge is -2.33. The van der Waals surface area contributed by atoms with Gasteiger partial charge in [-0.3, -0.25) is 4.79 Å². The fourth-order valence-electron chi connectivity index (χ4n) is 1.44. The molecule has 0 aromatic carbocycles. The third kappa shape index (κ3) is 3.07. The Morgan fingerprint density at radius 3 is 2.47 bits per heavy atom. The highest BCUT2D eigenvalue weighted by Crippen LogP contribution is 2.22. The normalized spacial score (nSPS) is 14.8. The molecule has 1 aromatic heterocycles. The minimum Gasteiger partial charge on any atom is -0.345 e. The van der Waals surface area contributed by atoms with Crippen LogP contribution in [0.2, 0.25) is 0 Å². The molecule has 3 nitrogen and oxygen atoms in total. The van der Waals surface area contributed by atoms with Crippen molar-refractivity contribution in [2.75, 3.05) is 6.54 Å². The van der Waals surface area contributed by atoms with Gasteiger partial charge in [-0.25, -0.2) is 0 Å². The van der Waals surface area contributed by atoms with E-state index >= 15 is 0 Å². The standard InChI is InChI=1S/C13H22N2OS/c1-8(2)13(5,7-14)15-12(16)11-6-9(3)10(4)17-11/h6,8H,7,14H2,1-5H3,(H,15,16). The zero-order valence-corrected chi connectivity index (χ0v) is 12.1. The fraction of sp³-hybridized carbons (Fsp3) is 0.615. The quantitative estimate of drug-likeness (QED) is 0.867. The summed E-state index contributed by atoms with van der Waals surface area (Å²) in [5, 5.41) is 3.05. The molecule has 1 aromatic rings. The van der Waals surface area contributed by atoms with E-state index in [-0.39, 0.29) is 11.4 Å². The number of aryl methyl sites for hydroxylation is 2. The Kier molecular flexibility index (Phi) is 4.33. The van der Waals surface area contributed by atoms with Crippen LogP contribution in [0.3, 0.4) is 0 Å². The molecule has 1 heterocycles. The molecule has 1 atom stereocenters. The largest absolute Gasteiger partial charge is 0.345 e. The zero-order chi connectivity index (χ0) is 13.2. The van der Waals surface area contributed by atoms with Gasteiger partial charge in [0.1, 0.15) is 0 Å². The number of amides is 1. The van der Waals surface area contributed by atoms with Gasteiger partial charge in [0.05, 0.1) is 10.4 Å². The molecule has 0 saturated heterocycles. The summed E-state index contributed by atoms with van der Waals surface area (Å²) in [5.74, 6) is 0.284. The van der Waals surface area contributed by atoms with Crippen LogP contribution in [0.5, 0.6) is 0 Å². The fourth-order valence-corrected chi connectivity index (χ4v) is 2.37. The Morgan fingerprint density at radius 2 is 2.12 bits per heavy atom. The minimum atomic E-state index is -0.344. The number of hydrogen-bond acceptors (Lipinski definition) is 3. The third-order valence-electron chi connectivity index (χ3n) is 3.49. The van der Waals surface area contributed by atoms with E-state index in [1.54, 1.807) is 0 Å². The van der Waals surface area contributed by atoms with E-state index in [1.807, 2.05) is 26.8 Å². The smallest absolute Gasteiger partial charge is 0.261 e. The highest BCUT2D eigenvalue weighted by Gasteiger charge is 2.29. The van der Waals surface area contributed by atoms with Crippen LogP contribution < -0.4 is 11.1 Å². The summed E-state index contributed by atoms with van der Waals surface area (Å²) >= 11 is 1.53. The van der Waals surface area contributed by atoms with E-state index in [4.69, 9.17) is 5.73 Å². The molecular weight excluding hydrogens is 232 g/mol. The van der Waals surface area contributed by atoms with Crippen LogP contribution >= 0.6 is 11.3 Å². The number of carbonyl (C=O) groups is 1. The summed E-state index contributed by atoms with van der Waals surface area (Å²) in [6, 6.07) is 1.94. The summed E-state index contributed by atoms with van der Waals surface area (Å²) in [4.78, 5) is 14.1. The molecule has 0 fully saturated rings. The van der Waals surface area contributed by atoms with Gasteiger partial charge in [0.2, 0.25) is 0 Å². The molecule has 96 valence electrons. The third-order valence-corrected chi connectivity index (χ3v) is 4.64. The zero-order valence-electron chi connectivity index (χ0n) is 11.3. The van der Waals surface area contributed by atoms with E-state index in [1.165, 1.54) is 21.8 Å². The first kappa shape index (κ1) is 14.2. The summed E-state index contributed by atoms with van der Waals surface area (Å²) in [5.41, 5.74) is 6.58. The van der Waals surface area contributed by atoms with Gasteiger partial charge in [0.25, 0.3) is 5.91 Å². The van der Waals surface area contributed by atoms with Crippen molar-refractivity contribution in [2.45, 2.75) is 40.2 Å². The predicted octanol–water partition coefficient (Wildman–Crippen LogP) is 2.47. The van der Waals surface area contributed by atoms with Gasteiger partial charge in [0, 0.05) is 11.4 Å². The maximum atomic E-state index is 12.1. The first-order chi connectivity index (χ1) is 7.80. The molecule has 0 aliphatic rings. The summed E-state index contributed by atoms with van der Waals surface area (Å²) < 4.78 is 0. The average molecular weight is 254 g/mol. The number of hydrogen-bond donors (Lipinski definition) is 2. The van der Waals surface area contributed by atoms with Crippen LogP contribution in [-0.4, -0.2) is 18.0 Å². The minimum absolute atomic E-state index is 0.0205. The monoisotopic (exact) mass is 254 g/mol. The highest BCUT2D eigenvalue weighted by molar-refractivity contribution is 7.14. The van der Waals surface area contributed by atoms with Crippen LogP contribution in [0.25, 0.3) is 0 Å². The molecule has 1 rings (SSSR count). The summed E-state index contributed by atoms with van der Waals surface area (Å²) in [7, 11) is 0. The van der Waals surface area contributed by atoms with Crippen molar-refractivity contribution >= 4 is 17.2 Å². The van der Waals surface area contributed by atoms with Crippen LogP contribution in [-0.2, 0) is 0 Å². The lowest BCUT2D eigenvalue weighted by atomic mass is 9.88. The van der Waals surface area contributed by atoms with Gasteiger partial charge < -0.3 is 11.1 Å². The molecule has 3 N–H and O–H groups in total. The highest BCUT2D eigenvalue weighted by atomic mass is 32.1. The van der Waals surface area contributed by atoms with Crippen molar-refractivity contribution < 1.29 is 4.79 Å². The second-order valence-corrected chi connectivity index (χ2v) is 6.34. The van der Waals surface area contributed by atoms with E-state index in [9.17, 15) is 4.79 Å². The molecule has 17 heavy (non-hydrogen) atoms. The average Bonchev–Trinajstić information content (AvgIpc) is 2.59. The van der Waals surface area contributed by atoms with Gasteiger partial charge in [-0.05, 0) is 38.3 Å². The van der Waals surface area contributed by atoms with Crippen LogP contribution in [0, 0.1) is 19.8 Å². The molecule has 0 bridgehead atoms. The van der Waals surface area contributed by atoms with E-state index < -0.39 is 0 Å². The molecule has 0 aliphatic heterocycles. The first-order valence-electron chi connectivity index (χ1n) is 5.89. The van der Waals surface area contributed by atoms with E-state index in [0.717, 1.165) is 4.88 Å². The van der Waals surface area contributed by atoms with Crippen molar-refractivity contribution in [2.24, 2.45) is 11.7 Å². The van der Waals surface area contributed by atoms with E-state index in [2.05, 4.69) is 19.2 Å². The Morgan fingerprint density at radius 1 is 1.53 bits per heavy atom. The molecule has 4 heteroatoms. The van der Waals surface area contributed by atoms with Crippen LogP contribution in [0.4, 0.5) is 0 Å². The summed E-state index contributed by atoms with van der Waals surface area (Å²) in [6.07, 6.45) is 0. The summed E-state index contributed by atoms with van der Waals surface area (Å²) in [6.45, 7) is 10.6. The molecule has 0 saturated carbocycles. The molecule has 0 spiro atoms. The van der Waals surface area contributed by atoms with Crippen molar-refractivity contribution in [3.8, 4) is 0 Å². The number of thiophene rings is 1. The second-order valence-electron chi connectivity index (χ2n) is 5.08. The Labute approximate surface area is 107 Å². The Balaban J connectivity index is 2.85. The van der Waals surface area contributed by atoms with Gasteiger partial charge in [-0.1, -0.05) is 13.8 Å².